The first-order valence-corrected chi connectivity index (χ1v) is 6.82. The second kappa shape index (κ2) is 6.24. The summed E-state index contributed by atoms with van der Waals surface area (Å²) in [7, 11) is 0. The van der Waals surface area contributed by atoms with E-state index >= 15 is 0 Å². The third-order valence-corrected chi connectivity index (χ3v) is 3.45. The van der Waals surface area contributed by atoms with Gasteiger partial charge in [-0.15, -0.1) is 0 Å². The van der Waals surface area contributed by atoms with Crippen LogP contribution in [-0.2, 0) is 11.2 Å². The zero-order valence-corrected chi connectivity index (χ0v) is 11.9. The quantitative estimate of drug-likeness (QED) is 0.875. The summed E-state index contributed by atoms with van der Waals surface area (Å²) < 4.78 is 0. The van der Waals surface area contributed by atoms with Crippen molar-refractivity contribution >= 4 is 11.6 Å². The van der Waals surface area contributed by atoms with Gasteiger partial charge in [-0.1, -0.05) is 49.4 Å². The number of anilines is 1. The van der Waals surface area contributed by atoms with E-state index in [1.807, 2.05) is 55.5 Å². The SMILES string of the molecule is CCc1ccc(C(Nc2ccccc2C)C(N)=O)cc1. The molecule has 0 heterocycles. The van der Waals surface area contributed by atoms with E-state index in [2.05, 4.69) is 12.2 Å². The lowest BCUT2D eigenvalue weighted by molar-refractivity contribution is -0.118. The number of para-hydroxylation sites is 1. The van der Waals surface area contributed by atoms with Crippen LogP contribution in [-0.4, -0.2) is 5.91 Å². The highest BCUT2D eigenvalue weighted by Gasteiger charge is 2.18. The molecule has 20 heavy (non-hydrogen) atoms. The predicted octanol–water partition coefficient (Wildman–Crippen LogP) is 3.20. The molecule has 1 amide bonds. The highest BCUT2D eigenvalue weighted by Crippen LogP contribution is 2.22. The molecule has 0 aliphatic heterocycles. The van der Waals surface area contributed by atoms with Gasteiger partial charge in [-0.25, -0.2) is 0 Å². The van der Waals surface area contributed by atoms with Gasteiger partial charge in [-0.05, 0) is 36.1 Å². The summed E-state index contributed by atoms with van der Waals surface area (Å²) in [6.45, 7) is 4.10. The number of nitrogens with one attached hydrogen (secondary N) is 1. The fourth-order valence-corrected chi connectivity index (χ4v) is 2.15. The zero-order chi connectivity index (χ0) is 14.5. The molecule has 0 saturated carbocycles. The molecule has 2 aromatic rings. The van der Waals surface area contributed by atoms with Gasteiger partial charge in [0.2, 0.25) is 5.91 Å². The Morgan fingerprint density at radius 1 is 1.15 bits per heavy atom. The maximum Gasteiger partial charge on any atom is 0.244 e. The van der Waals surface area contributed by atoms with Crippen molar-refractivity contribution in [3.05, 3.63) is 65.2 Å². The Morgan fingerprint density at radius 2 is 1.80 bits per heavy atom. The third-order valence-electron chi connectivity index (χ3n) is 3.45. The Labute approximate surface area is 119 Å². The van der Waals surface area contributed by atoms with Crippen LogP contribution in [0.15, 0.2) is 48.5 Å². The molecule has 0 aliphatic carbocycles. The Balaban J connectivity index is 2.27. The number of carbonyl (C=O) groups excluding carboxylic acids is 1. The van der Waals surface area contributed by atoms with Crippen LogP contribution in [0.3, 0.4) is 0 Å². The van der Waals surface area contributed by atoms with Crippen molar-refractivity contribution < 1.29 is 4.79 Å². The number of rotatable bonds is 5. The highest BCUT2D eigenvalue weighted by molar-refractivity contribution is 5.84. The average molecular weight is 268 g/mol. The van der Waals surface area contributed by atoms with Crippen LogP contribution in [0.4, 0.5) is 5.69 Å². The van der Waals surface area contributed by atoms with E-state index in [-0.39, 0.29) is 5.91 Å². The normalized spacial score (nSPS) is 11.9. The van der Waals surface area contributed by atoms with Gasteiger partial charge in [0.15, 0.2) is 0 Å². The largest absolute Gasteiger partial charge is 0.370 e. The molecule has 104 valence electrons. The van der Waals surface area contributed by atoms with Gasteiger partial charge in [0, 0.05) is 5.69 Å². The summed E-state index contributed by atoms with van der Waals surface area (Å²) in [5, 5.41) is 3.23. The van der Waals surface area contributed by atoms with E-state index in [1.54, 1.807) is 0 Å². The summed E-state index contributed by atoms with van der Waals surface area (Å²) in [5.74, 6) is -0.377. The summed E-state index contributed by atoms with van der Waals surface area (Å²) in [5.41, 5.74) is 9.68. The Hall–Kier alpha value is -2.29. The van der Waals surface area contributed by atoms with Crippen molar-refractivity contribution in [2.45, 2.75) is 26.3 Å². The van der Waals surface area contributed by atoms with E-state index in [0.29, 0.717) is 0 Å². The van der Waals surface area contributed by atoms with Crippen LogP contribution in [0.5, 0.6) is 0 Å². The minimum absolute atomic E-state index is 0.377. The molecule has 3 N–H and O–H groups in total. The molecule has 3 nitrogen and oxygen atoms in total. The standard InChI is InChI=1S/C17H20N2O/c1-3-13-8-10-14(11-9-13)16(17(18)20)19-15-7-5-4-6-12(15)2/h4-11,16,19H,3H2,1-2H3,(H2,18,20). The first-order chi connectivity index (χ1) is 9.61. The number of aryl methyl sites for hydroxylation is 2. The minimum Gasteiger partial charge on any atom is -0.370 e. The second-order valence-electron chi connectivity index (χ2n) is 4.89. The monoisotopic (exact) mass is 268 g/mol. The number of amides is 1. The maximum absolute atomic E-state index is 11.7. The maximum atomic E-state index is 11.7. The Kier molecular flexibility index (Phi) is 4.41. The Morgan fingerprint density at radius 3 is 2.35 bits per heavy atom. The van der Waals surface area contributed by atoms with Crippen molar-refractivity contribution in [3.63, 3.8) is 0 Å². The third kappa shape index (κ3) is 3.18. The minimum atomic E-state index is -0.512. The number of benzene rings is 2. The molecular formula is C17H20N2O. The lowest BCUT2D eigenvalue weighted by Gasteiger charge is -2.19. The van der Waals surface area contributed by atoms with Crippen LogP contribution >= 0.6 is 0 Å². The molecule has 0 radical (unpaired) electrons. The topological polar surface area (TPSA) is 55.1 Å². The van der Waals surface area contributed by atoms with Crippen LogP contribution in [0, 0.1) is 6.92 Å². The molecule has 3 heteroatoms. The fraction of sp³-hybridized carbons (Fsp3) is 0.235. The molecular weight excluding hydrogens is 248 g/mol. The second-order valence-corrected chi connectivity index (χ2v) is 4.89. The van der Waals surface area contributed by atoms with Crippen molar-refractivity contribution in [2.75, 3.05) is 5.32 Å². The average Bonchev–Trinajstić information content (AvgIpc) is 2.46. The van der Waals surface area contributed by atoms with Gasteiger partial charge in [-0.3, -0.25) is 4.79 Å². The predicted molar refractivity (Wildman–Crippen MR) is 82.6 cm³/mol. The molecule has 1 atom stereocenters. The number of hydrogen-bond donors (Lipinski definition) is 2. The zero-order valence-electron chi connectivity index (χ0n) is 11.9. The molecule has 0 aliphatic rings. The molecule has 0 fully saturated rings. The van der Waals surface area contributed by atoms with Crippen molar-refractivity contribution in [2.24, 2.45) is 5.73 Å². The fourth-order valence-electron chi connectivity index (χ4n) is 2.15. The van der Waals surface area contributed by atoms with Gasteiger partial charge in [-0.2, -0.15) is 0 Å². The summed E-state index contributed by atoms with van der Waals surface area (Å²) in [6, 6.07) is 15.3. The molecule has 0 aromatic heterocycles. The first-order valence-electron chi connectivity index (χ1n) is 6.82. The number of carbonyl (C=O) groups is 1. The van der Waals surface area contributed by atoms with E-state index in [1.165, 1.54) is 5.56 Å². The Bertz CT molecular complexity index is 590. The van der Waals surface area contributed by atoms with Crippen LogP contribution in [0.2, 0.25) is 0 Å². The summed E-state index contributed by atoms with van der Waals surface area (Å²) in [6.07, 6.45) is 0.979. The van der Waals surface area contributed by atoms with Gasteiger partial charge in [0.25, 0.3) is 0 Å². The van der Waals surface area contributed by atoms with Crippen LogP contribution in [0.1, 0.15) is 29.7 Å². The van der Waals surface area contributed by atoms with Crippen molar-refractivity contribution in [3.8, 4) is 0 Å². The molecule has 0 spiro atoms. The summed E-state index contributed by atoms with van der Waals surface area (Å²) >= 11 is 0. The number of primary amides is 1. The molecule has 2 aromatic carbocycles. The summed E-state index contributed by atoms with van der Waals surface area (Å²) in [4.78, 5) is 11.7. The molecule has 0 bridgehead atoms. The lowest BCUT2D eigenvalue weighted by Crippen LogP contribution is -2.28. The number of hydrogen-bond acceptors (Lipinski definition) is 2. The first kappa shape index (κ1) is 14.1. The van der Waals surface area contributed by atoms with Crippen molar-refractivity contribution in [1.29, 1.82) is 0 Å². The molecule has 1 unspecified atom stereocenters. The van der Waals surface area contributed by atoms with Gasteiger partial charge < -0.3 is 11.1 Å². The van der Waals surface area contributed by atoms with E-state index in [9.17, 15) is 4.79 Å². The lowest BCUT2D eigenvalue weighted by atomic mass is 10.0. The molecule has 0 saturated heterocycles. The van der Waals surface area contributed by atoms with Crippen LogP contribution in [0.25, 0.3) is 0 Å². The number of nitrogens with two attached hydrogens (primary N) is 1. The van der Waals surface area contributed by atoms with Gasteiger partial charge in [0.1, 0.15) is 6.04 Å². The van der Waals surface area contributed by atoms with Crippen molar-refractivity contribution in [1.82, 2.24) is 0 Å². The van der Waals surface area contributed by atoms with Gasteiger partial charge >= 0.3 is 0 Å². The van der Waals surface area contributed by atoms with E-state index in [4.69, 9.17) is 5.73 Å². The van der Waals surface area contributed by atoms with Crippen LogP contribution < -0.4 is 11.1 Å². The molecule has 2 rings (SSSR count). The van der Waals surface area contributed by atoms with Gasteiger partial charge in [0.05, 0.1) is 0 Å². The smallest absolute Gasteiger partial charge is 0.244 e. The van der Waals surface area contributed by atoms with E-state index < -0.39 is 6.04 Å². The van der Waals surface area contributed by atoms with E-state index in [0.717, 1.165) is 23.2 Å². The highest BCUT2D eigenvalue weighted by atomic mass is 16.1.